The van der Waals surface area contributed by atoms with Gasteiger partial charge >= 0.3 is 41.3 Å². The number of allylic oxidation sites excluding steroid dienone is 2. The number of benzene rings is 2. The molecule has 6 rings (SSSR count). The summed E-state index contributed by atoms with van der Waals surface area (Å²) >= 11 is 1.55. The number of rotatable bonds is 0. The van der Waals surface area contributed by atoms with Gasteiger partial charge in [0.1, 0.15) is 0 Å². The quantitative estimate of drug-likeness (QED) is 0.275. The summed E-state index contributed by atoms with van der Waals surface area (Å²) in [5.74, 6) is 0. The molecule has 0 spiro atoms. The van der Waals surface area contributed by atoms with Gasteiger partial charge in [-0.05, 0) is 45.9 Å². The molecule has 3 heteroatoms. The average Bonchev–Trinajstić information content (AvgIpc) is 3.45. The summed E-state index contributed by atoms with van der Waals surface area (Å²) in [7, 11) is 0. The van der Waals surface area contributed by atoms with E-state index in [4.69, 9.17) is 0 Å². The third-order valence-corrected chi connectivity index (χ3v) is 6.92. The van der Waals surface area contributed by atoms with Crippen molar-refractivity contribution < 1.29 is 49.0 Å². The molecule has 0 saturated carbocycles. The van der Waals surface area contributed by atoms with Crippen LogP contribution in [0.15, 0.2) is 48.5 Å². The first-order chi connectivity index (χ1) is 15.9. The van der Waals surface area contributed by atoms with Crippen molar-refractivity contribution in [1.82, 2.24) is 0 Å². The van der Waals surface area contributed by atoms with Gasteiger partial charge in [-0.25, -0.2) is 17.7 Å². The van der Waals surface area contributed by atoms with Crippen LogP contribution < -0.4 is 24.8 Å². The predicted octanol–water partition coefficient (Wildman–Crippen LogP) is 2.45. The van der Waals surface area contributed by atoms with Gasteiger partial charge in [0.05, 0.1) is 0 Å². The first-order valence-electron chi connectivity index (χ1n) is 12.2. The van der Waals surface area contributed by atoms with Crippen LogP contribution in [0.3, 0.4) is 0 Å². The number of fused-ring (bicyclic) bond motifs is 5. The minimum absolute atomic E-state index is 0. The second-order valence-corrected chi connectivity index (χ2v) is 13.8. The number of aryl methyl sites for hydroxylation is 2. The maximum atomic E-state index is 3.50. The van der Waals surface area contributed by atoms with Crippen LogP contribution in [0.1, 0.15) is 86.1 Å². The molecule has 0 atom stereocenters. The molecule has 3 aliphatic rings. The molecule has 3 aliphatic carbocycles. The van der Waals surface area contributed by atoms with Gasteiger partial charge in [-0.3, -0.25) is 6.08 Å². The normalized spacial score (nSPS) is 15.6. The summed E-state index contributed by atoms with van der Waals surface area (Å²) in [5, 5.41) is 0. The van der Waals surface area contributed by atoms with E-state index in [2.05, 4.69) is 122 Å². The molecule has 0 bridgehead atoms. The number of hydrogen-bond donors (Lipinski definition) is 0. The minimum Gasteiger partial charge on any atom is -1.00 e. The zero-order valence-electron chi connectivity index (χ0n) is 22.7. The Labute approximate surface area is 245 Å². The third-order valence-electron chi connectivity index (χ3n) is 6.92. The summed E-state index contributed by atoms with van der Waals surface area (Å²) in [6.07, 6.45) is 11.4. The molecule has 0 nitrogen and oxygen atoms in total. The van der Waals surface area contributed by atoms with E-state index in [-0.39, 0.29) is 35.6 Å². The second kappa shape index (κ2) is 11.6. The molecule has 3 aromatic rings. The Morgan fingerprint density at radius 2 is 1.42 bits per heavy atom. The van der Waals surface area contributed by atoms with Gasteiger partial charge in [-0.15, -0.1) is 11.6 Å². The summed E-state index contributed by atoms with van der Waals surface area (Å²) in [4.78, 5) is 0. The molecule has 0 heterocycles. The van der Waals surface area contributed by atoms with E-state index < -0.39 is 0 Å². The van der Waals surface area contributed by atoms with Gasteiger partial charge < -0.3 is 24.8 Å². The van der Waals surface area contributed by atoms with Crippen LogP contribution in [0.4, 0.5) is 0 Å². The van der Waals surface area contributed by atoms with E-state index in [1.54, 1.807) is 24.2 Å². The van der Waals surface area contributed by atoms with E-state index in [0.717, 1.165) is 6.42 Å². The Balaban J connectivity index is 0.000000297. The molecule has 188 valence electrons. The van der Waals surface area contributed by atoms with E-state index in [1.807, 2.05) is 0 Å². The SMILES string of the molecule is CC1(C)[C-]=Cc2cc3c(cc21)Cc1cc2c(cc1-3)C=CC2(C)C.C[C](C)=[Zr+2].Cc1c[cH-]c(C)c1.[Cl-].[Cl-]. The van der Waals surface area contributed by atoms with E-state index in [0.29, 0.717) is 0 Å². The van der Waals surface area contributed by atoms with Crippen molar-refractivity contribution in [1.29, 1.82) is 0 Å². The van der Waals surface area contributed by atoms with Crippen LogP contribution in [0.5, 0.6) is 0 Å². The Bertz CT molecular complexity index is 1230. The van der Waals surface area contributed by atoms with Crippen molar-refractivity contribution in [2.75, 3.05) is 0 Å². The molecule has 0 aliphatic heterocycles. The van der Waals surface area contributed by atoms with Gasteiger partial charge in [-0.2, -0.15) is 23.3 Å². The summed E-state index contributed by atoms with van der Waals surface area (Å²) in [5.41, 5.74) is 14.4. The third kappa shape index (κ3) is 6.35. The van der Waals surface area contributed by atoms with Gasteiger partial charge in [0, 0.05) is 5.41 Å². The van der Waals surface area contributed by atoms with Gasteiger partial charge in [0.15, 0.2) is 0 Å². The summed E-state index contributed by atoms with van der Waals surface area (Å²) < 4.78 is 1.51. The molecule has 3 aromatic carbocycles. The van der Waals surface area contributed by atoms with Gasteiger partial charge in [0.2, 0.25) is 0 Å². The molecule has 0 aromatic heterocycles. The zero-order chi connectivity index (χ0) is 24.8. The van der Waals surface area contributed by atoms with Crippen LogP contribution in [0.2, 0.25) is 0 Å². The van der Waals surface area contributed by atoms with Crippen LogP contribution in [-0.2, 0) is 41.5 Å². The second-order valence-electron chi connectivity index (χ2n) is 11.3. The van der Waals surface area contributed by atoms with Crippen LogP contribution in [0, 0.1) is 19.9 Å². The topological polar surface area (TPSA) is 0 Å². The van der Waals surface area contributed by atoms with Crippen LogP contribution in [0.25, 0.3) is 23.3 Å². The molecule has 0 amide bonds. The monoisotopic (exact) mass is 592 g/mol. The van der Waals surface area contributed by atoms with Crippen molar-refractivity contribution in [2.45, 2.75) is 72.6 Å². The fraction of sp³-hybridized carbons (Fsp3) is 0.333. The summed E-state index contributed by atoms with van der Waals surface area (Å²) in [6, 6.07) is 16.1. The van der Waals surface area contributed by atoms with E-state index >= 15 is 0 Å². The van der Waals surface area contributed by atoms with Crippen molar-refractivity contribution in [3.8, 4) is 11.1 Å². The molecule has 0 fully saturated rings. The maximum Gasteiger partial charge on any atom is -0.0635 e. The zero-order valence-corrected chi connectivity index (χ0v) is 26.7. The minimum atomic E-state index is 0. The van der Waals surface area contributed by atoms with Crippen molar-refractivity contribution in [3.05, 3.63) is 99.1 Å². The first kappa shape index (κ1) is 30.8. The Hall–Kier alpha value is -1.40. The van der Waals surface area contributed by atoms with Crippen LogP contribution in [-0.4, -0.2) is 3.21 Å². The largest absolute Gasteiger partial charge is 1.00 e. The molecular weight excluding hydrogens is 558 g/mol. The molecular formula is C33H36Cl2Zr-2. The Morgan fingerprint density at radius 1 is 0.861 bits per heavy atom. The smallest absolute Gasteiger partial charge is 0.0635 e. The van der Waals surface area contributed by atoms with Gasteiger partial charge in [0.25, 0.3) is 0 Å². The molecule has 36 heavy (non-hydrogen) atoms. The fourth-order valence-electron chi connectivity index (χ4n) is 5.12. The van der Waals surface area contributed by atoms with Crippen molar-refractivity contribution >= 4 is 15.4 Å². The number of hydrogen-bond acceptors (Lipinski definition) is 0. The predicted molar refractivity (Wildman–Crippen MR) is 145 cm³/mol. The number of halogens is 2. The average molecular weight is 595 g/mol. The molecule has 0 unspecified atom stereocenters. The van der Waals surface area contributed by atoms with Gasteiger partial charge in [-0.1, -0.05) is 71.2 Å². The Kier molecular flexibility index (Phi) is 9.89. The van der Waals surface area contributed by atoms with E-state index in [9.17, 15) is 0 Å². The first-order valence-corrected chi connectivity index (χ1v) is 13.5. The van der Waals surface area contributed by atoms with Crippen molar-refractivity contribution in [3.63, 3.8) is 0 Å². The standard InChI is InChI=1S/C23H21.C7H9.C3H6.2ClH.Zr/c1-22(2)7-5-14-10-18-16(12-20(14)22)9-17-13-21-15(11-19(17)18)6-8-23(21,3)4;1-6-3-4-7(2)5-6;1-3-2;;;/h5-7,10-13H,9H2,1-4H3;3-5H,1-2H3;1-2H3;2*1H;/q2*-1;;;;+2/p-2. The molecule has 0 radical (unpaired) electrons. The van der Waals surface area contributed by atoms with E-state index in [1.165, 1.54) is 58.8 Å². The van der Waals surface area contributed by atoms with Crippen LogP contribution >= 0.6 is 0 Å². The Morgan fingerprint density at radius 3 is 1.92 bits per heavy atom. The van der Waals surface area contributed by atoms with Crippen molar-refractivity contribution in [2.24, 2.45) is 0 Å². The maximum absolute atomic E-state index is 3.50. The summed E-state index contributed by atoms with van der Waals surface area (Å²) in [6.45, 7) is 17.6. The fourth-order valence-corrected chi connectivity index (χ4v) is 5.12. The molecule has 0 saturated heterocycles. The molecule has 0 N–H and O–H groups in total.